The Labute approximate surface area is 119 Å². The first-order valence-corrected chi connectivity index (χ1v) is 8.03. The van der Waals surface area contributed by atoms with E-state index in [1.165, 1.54) is 25.0 Å². The van der Waals surface area contributed by atoms with Crippen LogP contribution in [0.25, 0.3) is 5.65 Å². The number of thioether (sulfide) groups is 1. The maximum Gasteiger partial charge on any atom is 0.243 e. The van der Waals surface area contributed by atoms with Gasteiger partial charge in [-0.15, -0.1) is 5.10 Å². The second-order valence-electron chi connectivity index (χ2n) is 4.43. The van der Waals surface area contributed by atoms with Gasteiger partial charge >= 0.3 is 0 Å². The Bertz CT molecular complexity index is 536. The van der Waals surface area contributed by atoms with E-state index in [4.69, 9.17) is 0 Å². The number of rotatable bonds is 3. The molecule has 96 valence electrons. The van der Waals surface area contributed by atoms with Crippen LogP contribution in [0, 0.1) is 0 Å². The van der Waals surface area contributed by atoms with E-state index in [9.17, 15) is 0 Å². The van der Waals surface area contributed by atoms with Crippen LogP contribution >= 0.6 is 27.7 Å². The highest BCUT2D eigenvalue weighted by atomic mass is 79.9. The highest BCUT2D eigenvalue weighted by Crippen LogP contribution is 2.25. The van der Waals surface area contributed by atoms with E-state index in [0.29, 0.717) is 11.2 Å². The summed E-state index contributed by atoms with van der Waals surface area (Å²) in [6.07, 6.45) is 5.92. The zero-order valence-corrected chi connectivity index (χ0v) is 12.4. The van der Waals surface area contributed by atoms with Crippen LogP contribution in [0.15, 0.2) is 22.8 Å². The number of pyridine rings is 1. The van der Waals surface area contributed by atoms with Crippen molar-refractivity contribution in [2.24, 2.45) is 0 Å². The lowest BCUT2D eigenvalue weighted by molar-refractivity contribution is 0.676. The van der Waals surface area contributed by atoms with Crippen molar-refractivity contribution in [2.75, 3.05) is 17.6 Å². The molecule has 4 nitrogen and oxygen atoms in total. The third-order valence-corrected chi connectivity index (χ3v) is 5.09. The molecule has 1 aliphatic rings. The topological polar surface area (TPSA) is 42.2 Å². The summed E-state index contributed by atoms with van der Waals surface area (Å²) in [5.74, 6) is 2.00. The summed E-state index contributed by atoms with van der Waals surface area (Å²) in [6, 6.07) is 3.93. The van der Waals surface area contributed by atoms with Gasteiger partial charge in [0.05, 0.1) is 4.47 Å². The average molecular weight is 327 g/mol. The van der Waals surface area contributed by atoms with Crippen LogP contribution < -0.4 is 5.32 Å². The normalized spacial score (nSPS) is 20.2. The molecule has 2 aromatic heterocycles. The average Bonchev–Trinajstić information content (AvgIpc) is 2.82. The van der Waals surface area contributed by atoms with Crippen molar-refractivity contribution in [3.8, 4) is 0 Å². The molecule has 1 saturated heterocycles. The minimum atomic E-state index is 0.703. The Hall–Kier alpha value is -0.750. The molecule has 0 radical (unpaired) electrons. The minimum Gasteiger partial charge on any atom is -0.352 e. The molecule has 1 N–H and O–H groups in total. The van der Waals surface area contributed by atoms with E-state index < -0.39 is 0 Å². The largest absolute Gasteiger partial charge is 0.352 e. The molecule has 1 fully saturated rings. The lowest BCUT2D eigenvalue weighted by atomic mass is 10.2. The van der Waals surface area contributed by atoms with E-state index in [1.807, 2.05) is 18.3 Å². The van der Waals surface area contributed by atoms with Crippen molar-refractivity contribution in [1.82, 2.24) is 14.6 Å². The molecule has 3 heterocycles. The SMILES string of the molecule is Brc1cccn2nc(NCC3CCCCS3)nc12. The van der Waals surface area contributed by atoms with Gasteiger partial charge in [-0.1, -0.05) is 6.42 Å². The Kier molecular flexibility index (Phi) is 3.75. The van der Waals surface area contributed by atoms with Crippen molar-refractivity contribution in [1.29, 1.82) is 0 Å². The number of hydrogen-bond acceptors (Lipinski definition) is 4. The predicted octanol–water partition coefficient (Wildman–Crippen LogP) is 3.19. The monoisotopic (exact) mass is 326 g/mol. The quantitative estimate of drug-likeness (QED) is 0.940. The standard InChI is InChI=1S/C12H15BrN4S/c13-10-5-3-6-17-11(10)15-12(16-17)14-8-9-4-1-2-7-18-9/h3,5-6,9H,1-2,4,7-8H2,(H,14,16). The fourth-order valence-electron chi connectivity index (χ4n) is 2.12. The molecule has 18 heavy (non-hydrogen) atoms. The van der Waals surface area contributed by atoms with Crippen LogP contribution in [0.2, 0.25) is 0 Å². The van der Waals surface area contributed by atoms with E-state index in [1.54, 1.807) is 4.52 Å². The fraction of sp³-hybridized carbons (Fsp3) is 0.500. The number of hydrogen-bond donors (Lipinski definition) is 1. The van der Waals surface area contributed by atoms with Crippen LogP contribution in [0.5, 0.6) is 0 Å². The first-order chi connectivity index (χ1) is 8.83. The predicted molar refractivity (Wildman–Crippen MR) is 79.3 cm³/mol. The maximum absolute atomic E-state index is 4.48. The van der Waals surface area contributed by atoms with Crippen LogP contribution in [-0.4, -0.2) is 32.1 Å². The van der Waals surface area contributed by atoms with Gasteiger partial charge in [-0.05, 0) is 46.7 Å². The van der Waals surface area contributed by atoms with Gasteiger partial charge in [0, 0.05) is 18.0 Å². The number of halogens is 1. The molecule has 1 unspecified atom stereocenters. The number of nitrogens with zero attached hydrogens (tertiary/aromatic N) is 3. The molecular weight excluding hydrogens is 312 g/mol. The van der Waals surface area contributed by atoms with Gasteiger partial charge in [-0.2, -0.15) is 16.7 Å². The van der Waals surface area contributed by atoms with Crippen molar-refractivity contribution >= 4 is 39.3 Å². The fourth-order valence-corrected chi connectivity index (χ4v) is 3.78. The minimum absolute atomic E-state index is 0.703. The van der Waals surface area contributed by atoms with Crippen LogP contribution in [0.4, 0.5) is 5.95 Å². The molecule has 0 aliphatic carbocycles. The summed E-state index contributed by atoms with van der Waals surface area (Å²) in [7, 11) is 0. The van der Waals surface area contributed by atoms with E-state index in [-0.39, 0.29) is 0 Å². The van der Waals surface area contributed by atoms with Crippen LogP contribution in [0.1, 0.15) is 19.3 Å². The Balaban J connectivity index is 1.69. The lowest BCUT2D eigenvalue weighted by Gasteiger charge is -2.20. The zero-order chi connectivity index (χ0) is 12.4. The van der Waals surface area contributed by atoms with E-state index in [2.05, 4.69) is 43.1 Å². The summed E-state index contributed by atoms with van der Waals surface area (Å²) < 4.78 is 2.76. The van der Waals surface area contributed by atoms with Gasteiger partial charge in [-0.3, -0.25) is 0 Å². The molecule has 0 spiro atoms. The summed E-state index contributed by atoms with van der Waals surface area (Å²) >= 11 is 5.54. The molecule has 2 aromatic rings. The summed E-state index contributed by atoms with van der Waals surface area (Å²) in [6.45, 7) is 0.958. The number of aromatic nitrogens is 3. The first-order valence-electron chi connectivity index (χ1n) is 6.19. The lowest BCUT2D eigenvalue weighted by Crippen LogP contribution is -2.20. The highest BCUT2D eigenvalue weighted by Gasteiger charge is 2.14. The number of anilines is 1. The smallest absolute Gasteiger partial charge is 0.243 e. The number of fused-ring (bicyclic) bond motifs is 1. The second-order valence-corrected chi connectivity index (χ2v) is 6.69. The Morgan fingerprint density at radius 3 is 3.22 bits per heavy atom. The summed E-state index contributed by atoms with van der Waals surface area (Å²) in [5, 5.41) is 8.46. The van der Waals surface area contributed by atoms with Crippen molar-refractivity contribution in [3.63, 3.8) is 0 Å². The van der Waals surface area contributed by atoms with Crippen LogP contribution in [0.3, 0.4) is 0 Å². The van der Waals surface area contributed by atoms with Crippen molar-refractivity contribution in [2.45, 2.75) is 24.5 Å². The third kappa shape index (κ3) is 2.64. The van der Waals surface area contributed by atoms with E-state index >= 15 is 0 Å². The molecule has 3 rings (SSSR count). The summed E-state index contributed by atoms with van der Waals surface area (Å²) in [4.78, 5) is 4.48. The molecular formula is C12H15BrN4S. The summed E-state index contributed by atoms with van der Waals surface area (Å²) in [5.41, 5.74) is 0.858. The van der Waals surface area contributed by atoms with Gasteiger partial charge in [-0.25, -0.2) is 4.52 Å². The Morgan fingerprint density at radius 2 is 2.44 bits per heavy atom. The third-order valence-electron chi connectivity index (χ3n) is 3.08. The molecule has 0 amide bonds. The van der Waals surface area contributed by atoms with Gasteiger partial charge in [0.25, 0.3) is 0 Å². The Morgan fingerprint density at radius 1 is 1.50 bits per heavy atom. The molecule has 6 heteroatoms. The van der Waals surface area contributed by atoms with Gasteiger partial charge in [0.15, 0.2) is 5.65 Å². The van der Waals surface area contributed by atoms with Gasteiger partial charge in [0.2, 0.25) is 5.95 Å². The van der Waals surface area contributed by atoms with Gasteiger partial charge in [0.1, 0.15) is 0 Å². The van der Waals surface area contributed by atoms with Crippen LogP contribution in [-0.2, 0) is 0 Å². The molecule has 0 aromatic carbocycles. The first kappa shape index (κ1) is 12.3. The van der Waals surface area contributed by atoms with Crippen molar-refractivity contribution < 1.29 is 0 Å². The van der Waals surface area contributed by atoms with Crippen molar-refractivity contribution in [3.05, 3.63) is 22.8 Å². The second kappa shape index (κ2) is 5.48. The van der Waals surface area contributed by atoms with E-state index in [0.717, 1.165) is 16.7 Å². The zero-order valence-electron chi connectivity index (χ0n) is 9.97. The molecule has 1 atom stereocenters. The molecule has 0 bridgehead atoms. The molecule has 0 saturated carbocycles. The maximum atomic E-state index is 4.48. The molecule has 1 aliphatic heterocycles. The number of nitrogens with one attached hydrogen (secondary N) is 1. The van der Waals surface area contributed by atoms with Gasteiger partial charge < -0.3 is 5.32 Å². The highest BCUT2D eigenvalue weighted by molar-refractivity contribution is 9.10.